The third-order valence-electron chi connectivity index (χ3n) is 4.72. The van der Waals surface area contributed by atoms with Crippen LogP contribution in [0.3, 0.4) is 0 Å². The Morgan fingerprint density at radius 3 is 2.63 bits per heavy atom. The van der Waals surface area contributed by atoms with Crippen LogP contribution >= 0.6 is 0 Å². The predicted octanol–water partition coefficient (Wildman–Crippen LogP) is 5.42. The summed E-state index contributed by atoms with van der Waals surface area (Å²) in [6, 6.07) is 4.55. The molecule has 0 radical (unpaired) electrons. The van der Waals surface area contributed by atoms with Crippen molar-refractivity contribution < 1.29 is 9.53 Å². The van der Waals surface area contributed by atoms with Crippen LogP contribution in [0.2, 0.25) is 0 Å². The summed E-state index contributed by atoms with van der Waals surface area (Å²) in [5.74, 6) is 0.997. The van der Waals surface area contributed by atoms with Gasteiger partial charge in [0.1, 0.15) is 11.4 Å². The average Bonchev–Trinajstić information content (AvgIpc) is 2.59. The molecule has 5 nitrogen and oxygen atoms in total. The Bertz CT molecular complexity index is 591. The number of pyridine rings is 1. The first-order chi connectivity index (χ1) is 12.7. The minimum absolute atomic E-state index is 0.331. The van der Waals surface area contributed by atoms with Crippen LogP contribution in [0.4, 0.5) is 10.6 Å². The number of anilines is 1. The van der Waals surface area contributed by atoms with Crippen LogP contribution in [-0.2, 0) is 4.74 Å². The molecule has 152 valence electrons. The van der Waals surface area contributed by atoms with Gasteiger partial charge in [0.05, 0.1) is 0 Å². The summed E-state index contributed by atoms with van der Waals surface area (Å²) < 4.78 is 5.59. The molecule has 0 bridgehead atoms. The zero-order valence-electron chi connectivity index (χ0n) is 18.0. The molecule has 0 saturated carbocycles. The molecule has 0 spiro atoms. The van der Waals surface area contributed by atoms with Crippen LogP contribution in [0.1, 0.15) is 78.8 Å². The summed E-state index contributed by atoms with van der Waals surface area (Å²) in [6.07, 6.45) is 6.52. The molecule has 0 N–H and O–H groups in total. The quantitative estimate of drug-likeness (QED) is 0.666. The fourth-order valence-corrected chi connectivity index (χ4v) is 3.62. The van der Waals surface area contributed by atoms with Gasteiger partial charge in [-0.2, -0.15) is 0 Å². The maximum Gasteiger partial charge on any atom is 0.416 e. The zero-order chi connectivity index (χ0) is 20.0. The summed E-state index contributed by atoms with van der Waals surface area (Å²) in [5.41, 5.74) is 0.732. The monoisotopic (exact) mass is 375 g/mol. The molecule has 27 heavy (non-hydrogen) atoms. The highest BCUT2D eigenvalue weighted by atomic mass is 16.6. The average molecular weight is 376 g/mol. The standard InChI is InChI=1S/C22H37N3O2/c1-7-13-24-14-9-8-10-19(24)18-11-12-20(23-15-18)25(16-17(2)3)21(26)27-22(4,5)6/h11-12,15,17,19H,7-10,13-14,16H2,1-6H3/t19-/m0/s1. The second-order valence-corrected chi connectivity index (χ2v) is 8.98. The highest BCUT2D eigenvalue weighted by molar-refractivity contribution is 5.86. The van der Waals surface area contributed by atoms with Crippen LogP contribution in [0.25, 0.3) is 0 Å². The van der Waals surface area contributed by atoms with E-state index in [4.69, 9.17) is 4.74 Å². The number of piperidine rings is 1. The smallest absolute Gasteiger partial charge is 0.416 e. The van der Waals surface area contributed by atoms with E-state index in [0.717, 1.165) is 13.1 Å². The van der Waals surface area contributed by atoms with Crippen molar-refractivity contribution in [3.63, 3.8) is 0 Å². The Balaban J connectivity index is 2.19. The van der Waals surface area contributed by atoms with Crippen molar-refractivity contribution in [3.05, 3.63) is 23.9 Å². The molecule has 1 aliphatic heterocycles. The molecule has 5 heteroatoms. The topological polar surface area (TPSA) is 45.7 Å². The van der Waals surface area contributed by atoms with E-state index in [-0.39, 0.29) is 6.09 Å². The molecule has 1 aromatic rings. The molecular formula is C22H37N3O2. The van der Waals surface area contributed by atoms with Crippen LogP contribution in [0.15, 0.2) is 18.3 Å². The van der Waals surface area contributed by atoms with E-state index in [1.807, 2.05) is 33.0 Å². The normalized spacial score (nSPS) is 18.6. The van der Waals surface area contributed by atoms with Crippen LogP contribution < -0.4 is 4.90 Å². The molecule has 1 aliphatic rings. The van der Waals surface area contributed by atoms with Crippen LogP contribution in [0, 0.1) is 5.92 Å². The first-order valence-corrected chi connectivity index (χ1v) is 10.4. The van der Waals surface area contributed by atoms with Crippen molar-refractivity contribution in [1.29, 1.82) is 0 Å². The van der Waals surface area contributed by atoms with Gasteiger partial charge in [-0.15, -0.1) is 0 Å². The lowest BCUT2D eigenvalue weighted by Gasteiger charge is -2.36. The number of ether oxygens (including phenoxy) is 1. The first-order valence-electron chi connectivity index (χ1n) is 10.4. The molecule has 1 aromatic heterocycles. The van der Waals surface area contributed by atoms with Gasteiger partial charge in [-0.25, -0.2) is 9.78 Å². The summed E-state index contributed by atoms with van der Waals surface area (Å²) >= 11 is 0. The molecule has 0 unspecified atom stereocenters. The predicted molar refractivity (Wildman–Crippen MR) is 111 cm³/mol. The Labute approximate surface area is 165 Å². The van der Waals surface area contributed by atoms with Gasteiger partial charge < -0.3 is 4.74 Å². The molecule has 1 saturated heterocycles. The van der Waals surface area contributed by atoms with Gasteiger partial charge in [-0.05, 0) is 70.7 Å². The summed E-state index contributed by atoms with van der Waals surface area (Å²) in [4.78, 5) is 21.6. The minimum Gasteiger partial charge on any atom is -0.443 e. The number of hydrogen-bond acceptors (Lipinski definition) is 4. The van der Waals surface area contributed by atoms with E-state index in [1.54, 1.807) is 4.90 Å². The van der Waals surface area contributed by atoms with Crippen LogP contribution in [-0.4, -0.2) is 41.2 Å². The van der Waals surface area contributed by atoms with Gasteiger partial charge in [0.15, 0.2) is 0 Å². The molecule has 0 aromatic carbocycles. The van der Waals surface area contributed by atoms with Crippen molar-refractivity contribution in [3.8, 4) is 0 Å². The van der Waals surface area contributed by atoms with Gasteiger partial charge in [-0.1, -0.05) is 33.3 Å². The molecule has 1 amide bonds. The molecule has 2 heterocycles. The van der Waals surface area contributed by atoms with Gasteiger partial charge in [0.25, 0.3) is 0 Å². The van der Waals surface area contributed by atoms with Crippen molar-refractivity contribution >= 4 is 11.9 Å². The lowest BCUT2D eigenvalue weighted by molar-refractivity contribution is 0.0575. The number of hydrogen-bond donors (Lipinski definition) is 0. The highest BCUT2D eigenvalue weighted by Gasteiger charge is 2.26. The lowest BCUT2D eigenvalue weighted by Crippen LogP contribution is -2.39. The lowest BCUT2D eigenvalue weighted by atomic mass is 9.96. The second kappa shape index (κ2) is 9.54. The number of rotatable bonds is 6. The van der Waals surface area contributed by atoms with E-state index in [1.165, 1.54) is 31.2 Å². The van der Waals surface area contributed by atoms with Crippen molar-refractivity contribution in [2.24, 2.45) is 5.92 Å². The fraction of sp³-hybridized carbons (Fsp3) is 0.727. The van der Waals surface area contributed by atoms with Gasteiger partial charge >= 0.3 is 6.09 Å². The number of amides is 1. The van der Waals surface area contributed by atoms with Crippen molar-refractivity contribution in [2.45, 2.75) is 78.9 Å². The minimum atomic E-state index is -0.519. The molecule has 1 fully saturated rings. The summed E-state index contributed by atoms with van der Waals surface area (Å²) in [5, 5.41) is 0. The number of likely N-dealkylation sites (tertiary alicyclic amines) is 1. The molecule has 0 aliphatic carbocycles. The third kappa shape index (κ3) is 6.49. The Morgan fingerprint density at radius 1 is 1.33 bits per heavy atom. The van der Waals surface area contributed by atoms with E-state index >= 15 is 0 Å². The Hall–Kier alpha value is -1.62. The Morgan fingerprint density at radius 2 is 2.07 bits per heavy atom. The van der Waals surface area contributed by atoms with E-state index in [2.05, 4.69) is 36.7 Å². The largest absolute Gasteiger partial charge is 0.443 e. The number of carbonyl (C=O) groups is 1. The molecule has 1 atom stereocenters. The maximum atomic E-state index is 12.7. The third-order valence-corrected chi connectivity index (χ3v) is 4.72. The van der Waals surface area contributed by atoms with E-state index in [9.17, 15) is 4.79 Å². The van der Waals surface area contributed by atoms with Crippen molar-refractivity contribution in [2.75, 3.05) is 24.5 Å². The highest BCUT2D eigenvalue weighted by Crippen LogP contribution is 2.31. The summed E-state index contributed by atoms with van der Waals surface area (Å²) in [6.45, 7) is 15.0. The fourth-order valence-electron chi connectivity index (χ4n) is 3.62. The number of aromatic nitrogens is 1. The van der Waals surface area contributed by atoms with Gasteiger partial charge in [-0.3, -0.25) is 9.80 Å². The Kier molecular flexibility index (Phi) is 7.66. The molecule has 2 rings (SSSR count). The van der Waals surface area contributed by atoms with Crippen LogP contribution in [0.5, 0.6) is 0 Å². The molecular weight excluding hydrogens is 338 g/mol. The maximum absolute atomic E-state index is 12.7. The van der Waals surface area contributed by atoms with Crippen molar-refractivity contribution in [1.82, 2.24) is 9.88 Å². The van der Waals surface area contributed by atoms with E-state index < -0.39 is 5.60 Å². The zero-order valence-corrected chi connectivity index (χ0v) is 18.0. The van der Waals surface area contributed by atoms with Gasteiger partial charge in [0.2, 0.25) is 0 Å². The SMILES string of the molecule is CCCN1CCCC[C@H]1c1ccc(N(CC(C)C)C(=O)OC(C)(C)C)nc1. The first kappa shape index (κ1) is 21.7. The summed E-state index contributed by atoms with van der Waals surface area (Å²) in [7, 11) is 0. The van der Waals surface area contributed by atoms with E-state index in [0.29, 0.717) is 24.3 Å². The number of nitrogens with zero attached hydrogens (tertiary/aromatic N) is 3. The second-order valence-electron chi connectivity index (χ2n) is 8.98. The number of carbonyl (C=O) groups excluding carboxylic acids is 1. The van der Waals surface area contributed by atoms with Gasteiger partial charge in [0, 0.05) is 18.8 Å².